The summed E-state index contributed by atoms with van der Waals surface area (Å²) in [6, 6.07) is 14.2. The van der Waals surface area contributed by atoms with E-state index in [1.807, 2.05) is 36.4 Å². The maximum Gasteiger partial charge on any atom is 0.322 e. The molecule has 7 nitrogen and oxygen atoms in total. The van der Waals surface area contributed by atoms with Crippen molar-refractivity contribution in [1.82, 2.24) is 15.1 Å². The highest BCUT2D eigenvalue weighted by Crippen LogP contribution is 2.28. The van der Waals surface area contributed by atoms with Crippen LogP contribution in [0.25, 0.3) is 10.6 Å². The van der Waals surface area contributed by atoms with Crippen LogP contribution in [0.2, 0.25) is 5.02 Å². The van der Waals surface area contributed by atoms with Crippen molar-refractivity contribution in [2.45, 2.75) is 32.2 Å². The summed E-state index contributed by atoms with van der Waals surface area (Å²) in [4.78, 5) is 27.2. The fraction of sp³-hybridized carbons (Fsp3) is 0.273. The van der Waals surface area contributed by atoms with Crippen LogP contribution in [0.15, 0.2) is 48.5 Å². The summed E-state index contributed by atoms with van der Waals surface area (Å²) in [5, 5.41) is 15.7. The molecule has 2 aromatic carbocycles. The molecule has 2 N–H and O–H groups in total. The standard InChI is InChI=1S/C22H22ClN5O2S/c1-2-14-5-3-6-17(13-14)24-22(30)28-12-4-7-18(28)19(29)25-21-27-26-20(31-21)15-8-10-16(23)11-9-15/h3,5-6,8-11,13,18H,2,4,7,12H2,1H3,(H,24,30)(H,25,27,29). The maximum atomic E-state index is 12.9. The number of hydrogen-bond acceptors (Lipinski definition) is 5. The molecule has 0 saturated carbocycles. The molecule has 31 heavy (non-hydrogen) atoms. The Bertz CT molecular complexity index is 1090. The molecule has 4 rings (SSSR count). The highest BCUT2D eigenvalue weighted by Gasteiger charge is 2.34. The summed E-state index contributed by atoms with van der Waals surface area (Å²) < 4.78 is 0. The third kappa shape index (κ3) is 5.03. The van der Waals surface area contributed by atoms with E-state index in [9.17, 15) is 9.59 Å². The number of likely N-dealkylation sites (tertiary alicyclic amines) is 1. The second-order valence-corrected chi connectivity index (χ2v) is 8.66. The van der Waals surface area contributed by atoms with Gasteiger partial charge in [-0.3, -0.25) is 10.1 Å². The molecule has 9 heteroatoms. The average molecular weight is 456 g/mol. The number of urea groups is 1. The van der Waals surface area contributed by atoms with E-state index in [4.69, 9.17) is 11.6 Å². The van der Waals surface area contributed by atoms with Gasteiger partial charge in [0.2, 0.25) is 11.0 Å². The Morgan fingerprint density at radius 3 is 2.74 bits per heavy atom. The summed E-state index contributed by atoms with van der Waals surface area (Å²) in [6.45, 7) is 2.59. The minimum absolute atomic E-state index is 0.256. The molecule has 1 aliphatic heterocycles. The summed E-state index contributed by atoms with van der Waals surface area (Å²) >= 11 is 7.20. The number of carbonyl (C=O) groups is 2. The van der Waals surface area contributed by atoms with E-state index in [1.165, 1.54) is 11.3 Å². The highest BCUT2D eigenvalue weighted by atomic mass is 35.5. The molecule has 1 aromatic heterocycles. The summed E-state index contributed by atoms with van der Waals surface area (Å²) in [5.74, 6) is -0.256. The van der Waals surface area contributed by atoms with Crippen LogP contribution in [0.5, 0.6) is 0 Å². The number of hydrogen-bond donors (Lipinski definition) is 2. The molecule has 3 amide bonds. The van der Waals surface area contributed by atoms with E-state index in [0.717, 1.165) is 29.7 Å². The van der Waals surface area contributed by atoms with Gasteiger partial charge in [0.05, 0.1) is 0 Å². The molecule has 1 saturated heterocycles. The fourth-order valence-electron chi connectivity index (χ4n) is 3.52. The average Bonchev–Trinajstić information content (AvgIpc) is 3.44. The molecule has 1 aliphatic rings. The number of carbonyl (C=O) groups excluding carboxylic acids is 2. The van der Waals surface area contributed by atoms with Crippen molar-refractivity contribution < 1.29 is 9.59 Å². The quantitative estimate of drug-likeness (QED) is 0.563. The molecule has 1 atom stereocenters. The van der Waals surface area contributed by atoms with Gasteiger partial charge in [-0.05, 0) is 49.1 Å². The first-order chi connectivity index (χ1) is 15.0. The van der Waals surface area contributed by atoms with E-state index in [1.54, 1.807) is 17.0 Å². The first-order valence-corrected chi connectivity index (χ1v) is 11.3. The normalized spacial score (nSPS) is 15.7. The first-order valence-electron chi connectivity index (χ1n) is 10.1. The maximum absolute atomic E-state index is 12.9. The zero-order chi connectivity index (χ0) is 21.8. The number of benzene rings is 2. The number of nitrogens with zero attached hydrogens (tertiary/aromatic N) is 3. The van der Waals surface area contributed by atoms with Gasteiger partial charge >= 0.3 is 6.03 Å². The number of halogens is 1. The molecular weight excluding hydrogens is 434 g/mol. The van der Waals surface area contributed by atoms with Crippen molar-refractivity contribution in [2.75, 3.05) is 17.2 Å². The predicted octanol–water partition coefficient (Wildman–Crippen LogP) is 5.06. The van der Waals surface area contributed by atoms with Crippen LogP contribution in [0.3, 0.4) is 0 Å². The lowest BCUT2D eigenvalue weighted by molar-refractivity contribution is -0.119. The van der Waals surface area contributed by atoms with Gasteiger partial charge < -0.3 is 10.2 Å². The number of anilines is 2. The summed E-state index contributed by atoms with van der Waals surface area (Å²) in [5.41, 5.74) is 2.74. The molecule has 3 aromatic rings. The van der Waals surface area contributed by atoms with Crippen LogP contribution in [0, 0.1) is 0 Å². The van der Waals surface area contributed by atoms with Gasteiger partial charge in [0.15, 0.2) is 0 Å². The van der Waals surface area contributed by atoms with Crippen LogP contribution < -0.4 is 10.6 Å². The lowest BCUT2D eigenvalue weighted by atomic mass is 10.1. The van der Waals surface area contributed by atoms with Crippen molar-refractivity contribution in [2.24, 2.45) is 0 Å². The lowest BCUT2D eigenvalue weighted by Crippen LogP contribution is -2.45. The molecule has 1 fully saturated rings. The van der Waals surface area contributed by atoms with Crippen molar-refractivity contribution in [3.05, 3.63) is 59.1 Å². The van der Waals surface area contributed by atoms with Gasteiger partial charge in [0, 0.05) is 22.8 Å². The minimum Gasteiger partial charge on any atom is -0.312 e. The van der Waals surface area contributed by atoms with Gasteiger partial charge in [-0.15, -0.1) is 10.2 Å². The van der Waals surface area contributed by atoms with Gasteiger partial charge in [0.25, 0.3) is 0 Å². The second kappa shape index (κ2) is 9.45. The zero-order valence-corrected chi connectivity index (χ0v) is 18.5. The van der Waals surface area contributed by atoms with Crippen molar-refractivity contribution >= 4 is 45.7 Å². The lowest BCUT2D eigenvalue weighted by Gasteiger charge is -2.24. The van der Waals surface area contributed by atoms with Crippen LogP contribution in [0.1, 0.15) is 25.3 Å². The van der Waals surface area contributed by atoms with Crippen LogP contribution in [-0.2, 0) is 11.2 Å². The Hall–Kier alpha value is -2.97. The highest BCUT2D eigenvalue weighted by molar-refractivity contribution is 7.18. The zero-order valence-electron chi connectivity index (χ0n) is 17.0. The smallest absolute Gasteiger partial charge is 0.312 e. The SMILES string of the molecule is CCc1cccc(NC(=O)N2CCCC2C(=O)Nc2nnc(-c3ccc(Cl)cc3)s2)c1. The van der Waals surface area contributed by atoms with Gasteiger partial charge in [-0.25, -0.2) is 4.79 Å². The van der Waals surface area contributed by atoms with Crippen LogP contribution in [-0.4, -0.2) is 39.6 Å². The second-order valence-electron chi connectivity index (χ2n) is 7.24. The van der Waals surface area contributed by atoms with Crippen LogP contribution >= 0.6 is 22.9 Å². The Balaban J connectivity index is 1.41. The molecular formula is C22H22ClN5O2S. The monoisotopic (exact) mass is 455 g/mol. The molecule has 0 bridgehead atoms. The fourth-order valence-corrected chi connectivity index (χ4v) is 4.40. The van der Waals surface area contributed by atoms with Crippen molar-refractivity contribution in [3.63, 3.8) is 0 Å². The Morgan fingerprint density at radius 1 is 1.16 bits per heavy atom. The van der Waals surface area contributed by atoms with Gasteiger partial charge in [-0.2, -0.15) is 0 Å². The minimum atomic E-state index is -0.544. The predicted molar refractivity (Wildman–Crippen MR) is 124 cm³/mol. The van der Waals surface area contributed by atoms with E-state index in [-0.39, 0.29) is 11.9 Å². The number of aryl methyl sites for hydroxylation is 1. The largest absolute Gasteiger partial charge is 0.322 e. The van der Waals surface area contributed by atoms with E-state index in [0.29, 0.717) is 28.1 Å². The van der Waals surface area contributed by atoms with E-state index >= 15 is 0 Å². The first kappa shape index (κ1) is 21.3. The Labute approximate surface area is 189 Å². The van der Waals surface area contributed by atoms with Crippen molar-refractivity contribution in [1.29, 1.82) is 0 Å². The number of rotatable bonds is 5. The Kier molecular flexibility index (Phi) is 6.48. The molecule has 0 aliphatic carbocycles. The molecule has 0 spiro atoms. The summed E-state index contributed by atoms with van der Waals surface area (Å²) in [7, 11) is 0. The number of aromatic nitrogens is 2. The van der Waals surface area contributed by atoms with Crippen LogP contribution in [0.4, 0.5) is 15.6 Å². The number of amides is 3. The molecule has 160 valence electrons. The molecule has 1 unspecified atom stereocenters. The van der Waals surface area contributed by atoms with Gasteiger partial charge in [0.1, 0.15) is 11.0 Å². The molecule has 0 radical (unpaired) electrons. The van der Waals surface area contributed by atoms with Crippen molar-refractivity contribution in [3.8, 4) is 10.6 Å². The third-order valence-electron chi connectivity index (χ3n) is 5.15. The summed E-state index contributed by atoms with van der Waals surface area (Å²) in [6.07, 6.45) is 2.27. The number of nitrogens with one attached hydrogen (secondary N) is 2. The third-order valence-corrected chi connectivity index (χ3v) is 6.29. The Morgan fingerprint density at radius 2 is 1.97 bits per heavy atom. The topological polar surface area (TPSA) is 87.2 Å². The van der Waals surface area contributed by atoms with E-state index in [2.05, 4.69) is 27.8 Å². The van der Waals surface area contributed by atoms with Gasteiger partial charge in [-0.1, -0.05) is 54.1 Å². The molecule has 2 heterocycles. The van der Waals surface area contributed by atoms with E-state index < -0.39 is 6.04 Å².